The molecule has 9 nitrogen and oxygen atoms in total. The molecule has 0 aliphatic rings. The zero-order chi connectivity index (χ0) is 24.2. The SMILES string of the molecule is COC(=O)C(Cc1c[nH]c2ccccc12)NC(=O)c1[nH]nc(NC(=O)c2ccccc2Cl)c1Br. The fourth-order valence-corrected chi connectivity index (χ4v) is 4.15. The van der Waals surface area contributed by atoms with Gasteiger partial charge in [-0.1, -0.05) is 41.9 Å². The van der Waals surface area contributed by atoms with Crippen LogP contribution in [0.2, 0.25) is 5.02 Å². The van der Waals surface area contributed by atoms with Gasteiger partial charge in [0.25, 0.3) is 11.8 Å². The van der Waals surface area contributed by atoms with Crippen molar-refractivity contribution >= 4 is 62.0 Å². The number of carbonyl (C=O) groups is 3. The van der Waals surface area contributed by atoms with Crippen LogP contribution in [0, 0.1) is 0 Å². The average Bonchev–Trinajstić information content (AvgIpc) is 3.41. The van der Waals surface area contributed by atoms with E-state index in [1.165, 1.54) is 7.11 Å². The quantitative estimate of drug-likeness (QED) is 0.261. The predicted molar refractivity (Wildman–Crippen MR) is 131 cm³/mol. The first-order valence-corrected chi connectivity index (χ1v) is 11.3. The summed E-state index contributed by atoms with van der Waals surface area (Å²) >= 11 is 9.35. The number of fused-ring (bicyclic) bond motifs is 1. The molecular weight excluding hydrogens is 526 g/mol. The van der Waals surface area contributed by atoms with E-state index in [-0.39, 0.29) is 33.0 Å². The molecule has 2 aromatic carbocycles. The third-order valence-electron chi connectivity index (χ3n) is 5.17. The van der Waals surface area contributed by atoms with E-state index in [1.54, 1.807) is 30.5 Å². The molecule has 4 rings (SSSR count). The lowest BCUT2D eigenvalue weighted by Crippen LogP contribution is -2.43. The van der Waals surface area contributed by atoms with Crippen molar-refractivity contribution in [2.24, 2.45) is 0 Å². The Balaban J connectivity index is 1.51. The molecule has 1 unspecified atom stereocenters. The number of para-hydroxylation sites is 1. The Hall–Kier alpha value is -3.63. The Kier molecular flexibility index (Phi) is 6.99. The summed E-state index contributed by atoms with van der Waals surface area (Å²) in [6.07, 6.45) is 2.01. The summed E-state index contributed by atoms with van der Waals surface area (Å²) in [5, 5.41) is 13.1. The van der Waals surface area contributed by atoms with Crippen LogP contribution in [0.25, 0.3) is 10.9 Å². The predicted octanol–water partition coefficient (Wildman–Crippen LogP) is 4.07. The van der Waals surface area contributed by atoms with E-state index in [4.69, 9.17) is 16.3 Å². The standard InChI is InChI=1S/C23H19BrClN5O4/c1-34-23(33)17(10-12-11-26-16-9-5-3-6-13(12)16)27-22(32)19-18(24)20(30-29-19)28-21(31)14-7-2-4-8-15(14)25/h2-9,11,17,26H,10H2,1H3,(H,27,32)(H2,28,29,30,31). The molecule has 2 heterocycles. The van der Waals surface area contributed by atoms with Crippen molar-refractivity contribution < 1.29 is 19.1 Å². The van der Waals surface area contributed by atoms with Gasteiger partial charge in [-0.05, 0) is 39.7 Å². The summed E-state index contributed by atoms with van der Waals surface area (Å²) in [7, 11) is 1.26. The van der Waals surface area contributed by atoms with Crippen molar-refractivity contribution in [1.29, 1.82) is 0 Å². The summed E-state index contributed by atoms with van der Waals surface area (Å²) in [5.41, 5.74) is 2.06. The summed E-state index contributed by atoms with van der Waals surface area (Å²) in [4.78, 5) is 41.0. The Morgan fingerprint density at radius 3 is 2.62 bits per heavy atom. The lowest BCUT2D eigenvalue weighted by atomic mass is 10.0. The normalized spacial score (nSPS) is 11.7. The van der Waals surface area contributed by atoms with Gasteiger partial charge in [0.15, 0.2) is 5.82 Å². The molecule has 0 aliphatic heterocycles. The van der Waals surface area contributed by atoms with Crippen molar-refractivity contribution in [3.63, 3.8) is 0 Å². The number of methoxy groups -OCH3 is 1. The fourth-order valence-electron chi connectivity index (χ4n) is 3.47. The number of rotatable bonds is 7. The van der Waals surface area contributed by atoms with E-state index in [9.17, 15) is 14.4 Å². The molecule has 4 aromatic rings. The highest BCUT2D eigenvalue weighted by Crippen LogP contribution is 2.26. The summed E-state index contributed by atoms with van der Waals surface area (Å²) in [5.74, 6) is -1.59. The number of halogens is 2. The molecule has 0 fully saturated rings. The second-order valence-electron chi connectivity index (χ2n) is 7.31. The zero-order valence-electron chi connectivity index (χ0n) is 17.8. The number of hydrogen-bond acceptors (Lipinski definition) is 5. The Bertz CT molecular complexity index is 1380. The van der Waals surface area contributed by atoms with Crippen LogP contribution >= 0.6 is 27.5 Å². The van der Waals surface area contributed by atoms with Crippen LogP contribution < -0.4 is 10.6 Å². The highest BCUT2D eigenvalue weighted by atomic mass is 79.9. The lowest BCUT2D eigenvalue weighted by molar-refractivity contribution is -0.142. The van der Waals surface area contributed by atoms with Crippen molar-refractivity contribution in [3.8, 4) is 0 Å². The summed E-state index contributed by atoms with van der Waals surface area (Å²) < 4.78 is 5.11. The van der Waals surface area contributed by atoms with E-state index < -0.39 is 23.8 Å². The monoisotopic (exact) mass is 543 g/mol. The van der Waals surface area contributed by atoms with Crippen LogP contribution in [-0.2, 0) is 16.0 Å². The molecular formula is C23H19BrClN5O4. The first-order chi connectivity index (χ1) is 16.4. The Labute approximate surface area is 207 Å². The van der Waals surface area contributed by atoms with Crippen molar-refractivity contribution in [1.82, 2.24) is 20.5 Å². The van der Waals surface area contributed by atoms with E-state index in [0.717, 1.165) is 16.5 Å². The largest absolute Gasteiger partial charge is 0.467 e. The molecule has 0 bridgehead atoms. The van der Waals surface area contributed by atoms with Crippen LogP contribution in [-0.4, -0.2) is 46.1 Å². The second kappa shape index (κ2) is 10.1. The summed E-state index contributed by atoms with van der Waals surface area (Å²) in [6.45, 7) is 0. The number of esters is 1. The third kappa shape index (κ3) is 4.82. The maximum atomic E-state index is 12.9. The first-order valence-electron chi connectivity index (χ1n) is 10.1. The van der Waals surface area contributed by atoms with Crippen molar-refractivity contribution in [2.75, 3.05) is 12.4 Å². The molecule has 174 valence electrons. The maximum absolute atomic E-state index is 12.9. The maximum Gasteiger partial charge on any atom is 0.328 e. The zero-order valence-corrected chi connectivity index (χ0v) is 20.2. The number of ether oxygens (including phenoxy) is 1. The number of carbonyl (C=O) groups excluding carboxylic acids is 3. The highest BCUT2D eigenvalue weighted by molar-refractivity contribution is 9.10. The van der Waals surface area contributed by atoms with Crippen LogP contribution in [0.15, 0.2) is 59.2 Å². The molecule has 2 aromatic heterocycles. The molecule has 11 heteroatoms. The number of nitrogens with zero attached hydrogens (tertiary/aromatic N) is 1. The number of hydrogen-bond donors (Lipinski definition) is 4. The summed E-state index contributed by atoms with van der Waals surface area (Å²) in [6, 6.07) is 13.2. The number of benzene rings is 2. The first kappa shape index (κ1) is 23.5. The lowest BCUT2D eigenvalue weighted by Gasteiger charge is -2.16. The molecule has 0 saturated heterocycles. The van der Waals surface area contributed by atoms with Gasteiger partial charge >= 0.3 is 5.97 Å². The van der Waals surface area contributed by atoms with Crippen LogP contribution in [0.5, 0.6) is 0 Å². The molecule has 0 radical (unpaired) electrons. The van der Waals surface area contributed by atoms with Gasteiger partial charge in [-0.25, -0.2) is 4.79 Å². The Morgan fingerprint density at radius 1 is 1.12 bits per heavy atom. The number of aromatic amines is 2. The molecule has 1 atom stereocenters. The second-order valence-corrected chi connectivity index (χ2v) is 8.51. The number of H-pyrrole nitrogens is 2. The Morgan fingerprint density at radius 2 is 1.85 bits per heavy atom. The van der Waals surface area contributed by atoms with Crippen LogP contribution in [0.4, 0.5) is 5.82 Å². The van der Waals surface area contributed by atoms with Gasteiger partial charge in [-0.3, -0.25) is 14.7 Å². The number of anilines is 1. The van der Waals surface area contributed by atoms with Gasteiger partial charge in [0, 0.05) is 23.5 Å². The van der Waals surface area contributed by atoms with Crippen LogP contribution in [0.3, 0.4) is 0 Å². The molecule has 2 amide bonds. The highest BCUT2D eigenvalue weighted by Gasteiger charge is 2.27. The van der Waals surface area contributed by atoms with Gasteiger partial charge in [0.05, 0.1) is 22.2 Å². The van der Waals surface area contributed by atoms with E-state index in [1.807, 2.05) is 24.3 Å². The van der Waals surface area contributed by atoms with Gasteiger partial charge in [0.1, 0.15) is 11.7 Å². The van der Waals surface area contributed by atoms with Gasteiger partial charge < -0.3 is 20.4 Å². The van der Waals surface area contributed by atoms with Crippen LogP contribution in [0.1, 0.15) is 26.4 Å². The topological polar surface area (TPSA) is 129 Å². The third-order valence-corrected chi connectivity index (χ3v) is 6.28. The number of nitrogens with one attached hydrogen (secondary N) is 4. The minimum absolute atomic E-state index is 0.0299. The van der Waals surface area contributed by atoms with Gasteiger partial charge in [0.2, 0.25) is 0 Å². The molecule has 34 heavy (non-hydrogen) atoms. The number of amides is 2. The van der Waals surface area contributed by atoms with E-state index in [2.05, 4.69) is 41.7 Å². The average molecular weight is 545 g/mol. The van der Waals surface area contributed by atoms with Crippen molar-refractivity contribution in [3.05, 3.63) is 81.0 Å². The van der Waals surface area contributed by atoms with Gasteiger partial charge in [-0.15, -0.1) is 0 Å². The van der Waals surface area contributed by atoms with Gasteiger partial charge in [-0.2, -0.15) is 5.10 Å². The van der Waals surface area contributed by atoms with E-state index in [0.29, 0.717) is 0 Å². The van der Waals surface area contributed by atoms with Crippen molar-refractivity contribution in [2.45, 2.75) is 12.5 Å². The minimum atomic E-state index is -0.951. The van der Waals surface area contributed by atoms with E-state index >= 15 is 0 Å². The molecule has 0 aliphatic carbocycles. The minimum Gasteiger partial charge on any atom is -0.467 e. The smallest absolute Gasteiger partial charge is 0.328 e. The number of aromatic nitrogens is 3. The molecule has 4 N–H and O–H groups in total. The molecule has 0 saturated carbocycles. The fraction of sp³-hybridized carbons (Fsp3) is 0.130. The molecule has 0 spiro atoms.